The monoisotopic (exact) mass is 280 g/mol. The summed E-state index contributed by atoms with van der Waals surface area (Å²) in [5.41, 5.74) is 0.777. The molecule has 1 fully saturated rings. The van der Waals surface area contributed by atoms with E-state index in [0.717, 1.165) is 25.1 Å². The Hall–Kier alpha value is -2.38. The zero-order valence-corrected chi connectivity index (χ0v) is 11.1. The lowest BCUT2D eigenvalue weighted by molar-refractivity contribution is -0.389. The average molecular weight is 280 g/mol. The molecule has 1 aromatic heterocycles. The summed E-state index contributed by atoms with van der Waals surface area (Å²) < 4.78 is 0. The highest BCUT2D eigenvalue weighted by molar-refractivity contribution is 5.65. The Kier molecular flexibility index (Phi) is 4.02. The van der Waals surface area contributed by atoms with Gasteiger partial charge in [-0.2, -0.15) is 0 Å². The predicted molar refractivity (Wildman–Crippen MR) is 71.9 cm³/mol. The fourth-order valence-corrected chi connectivity index (χ4v) is 2.33. The van der Waals surface area contributed by atoms with Crippen molar-refractivity contribution in [3.05, 3.63) is 28.4 Å². The molecule has 8 nitrogen and oxygen atoms in total. The maximum atomic E-state index is 11.0. The summed E-state index contributed by atoms with van der Waals surface area (Å²) in [6, 6.07) is 2.94. The number of rotatable bonds is 3. The second-order valence-corrected chi connectivity index (χ2v) is 4.77. The summed E-state index contributed by atoms with van der Waals surface area (Å²) >= 11 is 0. The minimum absolute atomic E-state index is 0.0727. The normalized spacial score (nSPS) is 18.6. The number of nitro groups is 1. The number of carbonyl (C=O) groups is 1. The molecule has 1 aromatic rings. The number of carboxylic acid groups (broad SMARTS) is 1. The first-order chi connectivity index (χ1) is 9.49. The van der Waals surface area contributed by atoms with Gasteiger partial charge in [-0.25, -0.2) is 4.79 Å². The van der Waals surface area contributed by atoms with Crippen LogP contribution in [0.5, 0.6) is 0 Å². The molecule has 0 spiro atoms. The first-order valence-electron chi connectivity index (χ1n) is 6.30. The van der Waals surface area contributed by atoms with Gasteiger partial charge in [0.25, 0.3) is 0 Å². The first-order valence-corrected chi connectivity index (χ1v) is 6.30. The third-order valence-electron chi connectivity index (χ3n) is 3.53. The van der Waals surface area contributed by atoms with E-state index >= 15 is 0 Å². The Morgan fingerprint density at radius 1 is 1.60 bits per heavy atom. The molecule has 0 bridgehead atoms. The molecule has 1 aliphatic rings. The number of likely N-dealkylation sites (N-methyl/N-ethyl adjacent to an activating group) is 1. The summed E-state index contributed by atoms with van der Waals surface area (Å²) in [5, 5.41) is 19.6. The van der Waals surface area contributed by atoms with Crippen LogP contribution in [0.3, 0.4) is 0 Å². The molecule has 2 rings (SSSR count). The van der Waals surface area contributed by atoms with Crippen molar-refractivity contribution in [3.8, 4) is 0 Å². The second kappa shape index (κ2) is 5.72. The molecule has 0 radical (unpaired) electrons. The SMILES string of the molecule is CN(C(=O)O)C1CCCN(c2ccc([N+](=O)[O-])nc2)C1. The number of piperidine rings is 1. The van der Waals surface area contributed by atoms with Gasteiger partial charge in [0.15, 0.2) is 6.20 Å². The standard InChI is InChI=1S/C12H16N4O4/c1-14(12(17)18)10-3-2-6-15(8-10)9-4-5-11(13-7-9)16(19)20/h4-5,7,10H,2-3,6,8H2,1H3,(H,17,18). The van der Waals surface area contributed by atoms with Crippen molar-refractivity contribution in [1.82, 2.24) is 9.88 Å². The highest BCUT2D eigenvalue weighted by Gasteiger charge is 2.26. The average Bonchev–Trinajstić information content (AvgIpc) is 2.46. The molecular weight excluding hydrogens is 264 g/mol. The first kappa shape index (κ1) is 14.0. The van der Waals surface area contributed by atoms with Crippen LogP contribution in [0.4, 0.5) is 16.3 Å². The number of nitrogens with zero attached hydrogens (tertiary/aromatic N) is 4. The third-order valence-corrected chi connectivity index (χ3v) is 3.53. The van der Waals surface area contributed by atoms with E-state index in [1.807, 2.05) is 4.90 Å². The molecule has 0 saturated carbocycles. The van der Waals surface area contributed by atoms with Crippen LogP contribution in [-0.4, -0.2) is 52.2 Å². The van der Waals surface area contributed by atoms with Crippen molar-refractivity contribution < 1.29 is 14.8 Å². The van der Waals surface area contributed by atoms with E-state index in [9.17, 15) is 14.9 Å². The molecule has 1 unspecified atom stereocenters. The molecule has 1 aliphatic heterocycles. The summed E-state index contributed by atoms with van der Waals surface area (Å²) in [6.45, 7) is 1.37. The van der Waals surface area contributed by atoms with Crippen LogP contribution >= 0.6 is 0 Å². The molecule has 8 heteroatoms. The van der Waals surface area contributed by atoms with Gasteiger partial charge in [0.2, 0.25) is 0 Å². The van der Waals surface area contributed by atoms with Crippen LogP contribution in [0.2, 0.25) is 0 Å². The van der Waals surface area contributed by atoms with Crippen molar-refractivity contribution in [2.75, 3.05) is 25.0 Å². The fraction of sp³-hybridized carbons (Fsp3) is 0.500. The van der Waals surface area contributed by atoms with Gasteiger partial charge in [-0.1, -0.05) is 0 Å². The number of hydrogen-bond donors (Lipinski definition) is 1. The van der Waals surface area contributed by atoms with Crippen molar-refractivity contribution in [1.29, 1.82) is 0 Å². The van der Waals surface area contributed by atoms with E-state index in [2.05, 4.69) is 4.98 Å². The topological polar surface area (TPSA) is 99.8 Å². The Labute approximate surface area is 115 Å². The van der Waals surface area contributed by atoms with Gasteiger partial charge in [0, 0.05) is 26.2 Å². The van der Waals surface area contributed by atoms with Crippen molar-refractivity contribution in [2.45, 2.75) is 18.9 Å². The Morgan fingerprint density at radius 3 is 2.90 bits per heavy atom. The zero-order valence-electron chi connectivity index (χ0n) is 11.1. The zero-order chi connectivity index (χ0) is 14.7. The van der Waals surface area contributed by atoms with Crippen LogP contribution in [0.25, 0.3) is 0 Å². The highest BCUT2D eigenvalue weighted by atomic mass is 16.6. The molecular formula is C12H16N4O4. The van der Waals surface area contributed by atoms with E-state index in [0.29, 0.717) is 6.54 Å². The van der Waals surface area contributed by atoms with Gasteiger partial charge < -0.3 is 25.0 Å². The van der Waals surface area contributed by atoms with Crippen LogP contribution < -0.4 is 4.90 Å². The van der Waals surface area contributed by atoms with E-state index in [-0.39, 0.29) is 11.9 Å². The van der Waals surface area contributed by atoms with E-state index in [1.165, 1.54) is 17.2 Å². The van der Waals surface area contributed by atoms with Crippen LogP contribution in [0, 0.1) is 10.1 Å². The Bertz CT molecular complexity index is 505. The van der Waals surface area contributed by atoms with E-state index in [1.54, 1.807) is 13.1 Å². The van der Waals surface area contributed by atoms with E-state index in [4.69, 9.17) is 5.11 Å². The van der Waals surface area contributed by atoms with Gasteiger partial charge in [-0.15, -0.1) is 0 Å². The number of aromatic nitrogens is 1. The van der Waals surface area contributed by atoms with Gasteiger partial charge in [-0.05, 0) is 28.8 Å². The lowest BCUT2D eigenvalue weighted by Gasteiger charge is -2.37. The third kappa shape index (κ3) is 2.95. The smallest absolute Gasteiger partial charge is 0.407 e. The van der Waals surface area contributed by atoms with Gasteiger partial charge in [0.05, 0.1) is 11.7 Å². The molecule has 1 amide bonds. The number of amides is 1. The van der Waals surface area contributed by atoms with Crippen molar-refractivity contribution in [2.24, 2.45) is 0 Å². The number of anilines is 1. The summed E-state index contributed by atoms with van der Waals surface area (Å²) in [5.74, 6) is -0.190. The largest absolute Gasteiger partial charge is 0.465 e. The molecule has 108 valence electrons. The Morgan fingerprint density at radius 2 is 2.35 bits per heavy atom. The number of pyridine rings is 1. The van der Waals surface area contributed by atoms with Gasteiger partial charge in [-0.3, -0.25) is 0 Å². The molecule has 0 aliphatic carbocycles. The molecule has 20 heavy (non-hydrogen) atoms. The van der Waals surface area contributed by atoms with Crippen molar-refractivity contribution >= 4 is 17.6 Å². The van der Waals surface area contributed by atoms with Crippen LogP contribution in [0.1, 0.15) is 12.8 Å². The number of hydrogen-bond acceptors (Lipinski definition) is 5. The Balaban J connectivity index is 2.08. The molecule has 1 atom stereocenters. The maximum Gasteiger partial charge on any atom is 0.407 e. The summed E-state index contributed by atoms with van der Waals surface area (Å²) in [7, 11) is 1.56. The van der Waals surface area contributed by atoms with Crippen LogP contribution in [0.15, 0.2) is 18.3 Å². The summed E-state index contributed by atoms with van der Waals surface area (Å²) in [6.07, 6.45) is 2.21. The summed E-state index contributed by atoms with van der Waals surface area (Å²) in [4.78, 5) is 28.1. The minimum Gasteiger partial charge on any atom is -0.465 e. The van der Waals surface area contributed by atoms with Crippen molar-refractivity contribution in [3.63, 3.8) is 0 Å². The van der Waals surface area contributed by atoms with Gasteiger partial charge in [0.1, 0.15) is 0 Å². The van der Waals surface area contributed by atoms with E-state index < -0.39 is 11.0 Å². The second-order valence-electron chi connectivity index (χ2n) is 4.77. The molecule has 1 N–H and O–H groups in total. The molecule has 0 aromatic carbocycles. The lowest BCUT2D eigenvalue weighted by Crippen LogP contribution is -2.48. The molecule has 1 saturated heterocycles. The highest BCUT2D eigenvalue weighted by Crippen LogP contribution is 2.22. The maximum absolute atomic E-state index is 11.0. The fourth-order valence-electron chi connectivity index (χ4n) is 2.33. The lowest BCUT2D eigenvalue weighted by atomic mass is 10.0. The van der Waals surface area contributed by atoms with Gasteiger partial charge >= 0.3 is 11.9 Å². The quantitative estimate of drug-likeness (QED) is 0.666. The van der Waals surface area contributed by atoms with Crippen LogP contribution in [-0.2, 0) is 0 Å². The molecule has 2 heterocycles. The minimum atomic E-state index is -0.946. The predicted octanol–water partition coefficient (Wildman–Crippen LogP) is 1.57.